The van der Waals surface area contributed by atoms with E-state index in [4.69, 9.17) is 0 Å². The van der Waals surface area contributed by atoms with E-state index in [0.29, 0.717) is 5.92 Å². The molecule has 0 aromatic heterocycles. The van der Waals surface area contributed by atoms with Gasteiger partial charge < -0.3 is 10.2 Å². The zero-order valence-electron chi connectivity index (χ0n) is 9.38. The first-order chi connectivity index (χ1) is 6.76. The van der Waals surface area contributed by atoms with Gasteiger partial charge in [0.05, 0.1) is 0 Å². The van der Waals surface area contributed by atoms with Gasteiger partial charge in [0.15, 0.2) is 0 Å². The van der Waals surface area contributed by atoms with Crippen molar-refractivity contribution in [1.29, 1.82) is 0 Å². The summed E-state index contributed by atoms with van der Waals surface area (Å²) < 4.78 is 0. The predicted molar refractivity (Wildman–Crippen MR) is 58.1 cm³/mol. The fourth-order valence-electron chi connectivity index (χ4n) is 2.09. The smallest absolute Gasteiger partial charge is 0.220 e. The summed E-state index contributed by atoms with van der Waals surface area (Å²) in [5.41, 5.74) is 0. The molecule has 0 spiro atoms. The van der Waals surface area contributed by atoms with E-state index in [1.165, 1.54) is 38.9 Å². The number of nitrogens with one attached hydrogen (secondary N) is 1. The van der Waals surface area contributed by atoms with Gasteiger partial charge in [-0.25, -0.2) is 0 Å². The molecule has 1 aliphatic heterocycles. The van der Waals surface area contributed by atoms with Gasteiger partial charge in [0.25, 0.3) is 0 Å². The predicted octanol–water partition coefficient (Wildman–Crippen LogP) is 1.24. The largest absolute Gasteiger partial charge is 0.359 e. The molecule has 1 amide bonds. The maximum Gasteiger partial charge on any atom is 0.220 e. The Labute approximate surface area is 86.9 Å². The normalized spacial score (nSPS) is 19.6. The Morgan fingerprint density at radius 2 is 2.07 bits per heavy atom. The van der Waals surface area contributed by atoms with E-state index in [2.05, 4.69) is 17.1 Å². The Hall–Kier alpha value is -0.570. The summed E-state index contributed by atoms with van der Waals surface area (Å²) in [5, 5.41) is 2.70. The summed E-state index contributed by atoms with van der Waals surface area (Å²) in [6, 6.07) is 0. The Morgan fingerprint density at radius 1 is 1.43 bits per heavy atom. The second-order valence-electron chi connectivity index (χ2n) is 4.16. The number of carbonyl (C=O) groups excluding carboxylic acids is 1. The number of amides is 1. The van der Waals surface area contributed by atoms with E-state index in [9.17, 15) is 4.79 Å². The second kappa shape index (κ2) is 6.02. The van der Waals surface area contributed by atoms with Crippen LogP contribution in [0.4, 0.5) is 0 Å². The minimum absolute atomic E-state index is 0.193. The van der Waals surface area contributed by atoms with Crippen LogP contribution >= 0.6 is 0 Å². The topological polar surface area (TPSA) is 32.3 Å². The Morgan fingerprint density at radius 3 is 2.57 bits per heavy atom. The molecule has 1 saturated heterocycles. The molecule has 1 aliphatic rings. The van der Waals surface area contributed by atoms with Crippen molar-refractivity contribution < 1.29 is 4.79 Å². The highest BCUT2D eigenvalue weighted by molar-refractivity contribution is 5.75. The molecule has 1 rings (SSSR count). The maximum absolute atomic E-state index is 11.2. The van der Waals surface area contributed by atoms with Crippen LogP contribution in [0.2, 0.25) is 0 Å². The number of rotatable bonds is 4. The molecule has 1 fully saturated rings. The fraction of sp³-hybridized carbons (Fsp3) is 0.909. The lowest BCUT2D eigenvalue weighted by Crippen LogP contribution is -2.35. The van der Waals surface area contributed by atoms with E-state index in [1.807, 2.05) is 0 Å². The lowest BCUT2D eigenvalue weighted by atomic mass is 9.93. The summed E-state index contributed by atoms with van der Waals surface area (Å²) in [7, 11) is 1.72. The first-order valence-corrected chi connectivity index (χ1v) is 5.69. The number of carbonyl (C=O) groups is 1. The number of hydrogen-bond donors (Lipinski definition) is 1. The van der Waals surface area contributed by atoms with Crippen LogP contribution in [0.5, 0.6) is 0 Å². The SMILES string of the molecule is CCCN1CCC(CC(=O)NC)CC1. The van der Waals surface area contributed by atoms with E-state index >= 15 is 0 Å². The number of piperidine rings is 1. The molecule has 14 heavy (non-hydrogen) atoms. The molecule has 0 radical (unpaired) electrons. The minimum Gasteiger partial charge on any atom is -0.359 e. The van der Waals surface area contributed by atoms with Crippen molar-refractivity contribution in [1.82, 2.24) is 10.2 Å². The van der Waals surface area contributed by atoms with Crippen molar-refractivity contribution in [2.75, 3.05) is 26.7 Å². The Kier molecular flexibility index (Phi) is 4.94. The van der Waals surface area contributed by atoms with Gasteiger partial charge in [-0.05, 0) is 44.8 Å². The molecular formula is C11H22N2O. The average molecular weight is 198 g/mol. The highest BCUT2D eigenvalue weighted by atomic mass is 16.1. The standard InChI is InChI=1S/C11H22N2O/c1-3-6-13-7-4-10(5-8-13)9-11(14)12-2/h10H,3-9H2,1-2H3,(H,12,14). The van der Waals surface area contributed by atoms with Crippen molar-refractivity contribution in [2.24, 2.45) is 5.92 Å². The molecular weight excluding hydrogens is 176 g/mol. The van der Waals surface area contributed by atoms with E-state index in [1.54, 1.807) is 7.05 Å². The second-order valence-corrected chi connectivity index (χ2v) is 4.16. The number of hydrogen-bond acceptors (Lipinski definition) is 2. The van der Waals surface area contributed by atoms with E-state index < -0.39 is 0 Å². The molecule has 1 N–H and O–H groups in total. The van der Waals surface area contributed by atoms with Crippen molar-refractivity contribution in [3.63, 3.8) is 0 Å². The summed E-state index contributed by atoms with van der Waals surface area (Å²) >= 11 is 0. The van der Waals surface area contributed by atoms with Crippen molar-refractivity contribution in [2.45, 2.75) is 32.6 Å². The fourth-order valence-corrected chi connectivity index (χ4v) is 2.09. The summed E-state index contributed by atoms with van der Waals surface area (Å²) in [6.45, 7) is 5.79. The van der Waals surface area contributed by atoms with Gasteiger partial charge in [-0.1, -0.05) is 6.92 Å². The summed E-state index contributed by atoms with van der Waals surface area (Å²) in [6.07, 6.45) is 4.33. The molecule has 0 aliphatic carbocycles. The van der Waals surface area contributed by atoms with Crippen LogP contribution < -0.4 is 5.32 Å². The molecule has 3 nitrogen and oxygen atoms in total. The third-order valence-electron chi connectivity index (χ3n) is 3.00. The van der Waals surface area contributed by atoms with Crippen LogP contribution in [0.3, 0.4) is 0 Å². The molecule has 1 heterocycles. The third-order valence-corrected chi connectivity index (χ3v) is 3.00. The molecule has 82 valence electrons. The number of nitrogens with zero attached hydrogens (tertiary/aromatic N) is 1. The first kappa shape index (κ1) is 11.5. The Bertz CT molecular complexity index is 174. The maximum atomic E-state index is 11.2. The lowest BCUT2D eigenvalue weighted by Gasteiger charge is -2.31. The summed E-state index contributed by atoms with van der Waals surface area (Å²) in [5.74, 6) is 0.807. The first-order valence-electron chi connectivity index (χ1n) is 5.69. The van der Waals surface area contributed by atoms with E-state index in [-0.39, 0.29) is 5.91 Å². The zero-order valence-corrected chi connectivity index (χ0v) is 9.38. The zero-order chi connectivity index (χ0) is 10.4. The minimum atomic E-state index is 0.193. The van der Waals surface area contributed by atoms with Crippen LogP contribution in [-0.2, 0) is 4.79 Å². The molecule has 0 bridgehead atoms. The van der Waals surface area contributed by atoms with Gasteiger partial charge in [-0.15, -0.1) is 0 Å². The highest BCUT2D eigenvalue weighted by Gasteiger charge is 2.20. The Balaban J connectivity index is 2.18. The van der Waals surface area contributed by atoms with Gasteiger partial charge in [0.1, 0.15) is 0 Å². The van der Waals surface area contributed by atoms with Crippen LogP contribution in [0, 0.1) is 5.92 Å². The van der Waals surface area contributed by atoms with Gasteiger partial charge in [-0.3, -0.25) is 4.79 Å². The van der Waals surface area contributed by atoms with Gasteiger partial charge in [0.2, 0.25) is 5.91 Å². The van der Waals surface area contributed by atoms with E-state index in [0.717, 1.165) is 6.42 Å². The van der Waals surface area contributed by atoms with Gasteiger partial charge in [-0.2, -0.15) is 0 Å². The van der Waals surface area contributed by atoms with Crippen LogP contribution in [-0.4, -0.2) is 37.5 Å². The van der Waals surface area contributed by atoms with Crippen LogP contribution in [0.25, 0.3) is 0 Å². The molecule has 0 atom stereocenters. The van der Waals surface area contributed by atoms with Gasteiger partial charge >= 0.3 is 0 Å². The van der Waals surface area contributed by atoms with Gasteiger partial charge in [0, 0.05) is 13.5 Å². The van der Waals surface area contributed by atoms with Crippen LogP contribution in [0.1, 0.15) is 32.6 Å². The molecule has 0 aromatic rings. The molecule has 0 aromatic carbocycles. The molecule has 0 saturated carbocycles. The summed E-state index contributed by atoms with van der Waals surface area (Å²) in [4.78, 5) is 13.7. The lowest BCUT2D eigenvalue weighted by molar-refractivity contribution is -0.121. The van der Waals surface area contributed by atoms with Crippen molar-refractivity contribution in [3.05, 3.63) is 0 Å². The average Bonchev–Trinajstić information content (AvgIpc) is 2.21. The van der Waals surface area contributed by atoms with Crippen molar-refractivity contribution in [3.8, 4) is 0 Å². The number of likely N-dealkylation sites (tertiary alicyclic amines) is 1. The highest BCUT2D eigenvalue weighted by Crippen LogP contribution is 2.20. The monoisotopic (exact) mass is 198 g/mol. The third kappa shape index (κ3) is 3.66. The van der Waals surface area contributed by atoms with Crippen LogP contribution in [0.15, 0.2) is 0 Å². The molecule has 3 heteroatoms. The van der Waals surface area contributed by atoms with Crippen molar-refractivity contribution >= 4 is 5.91 Å². The quantitative estimate of drug-likeness (QED) is 0.737. The molecule has 0 unspecified atom stereocenters.